The van der Waals surface area contributed by atoms with E-state index >= 15 is 0 Å². The quantitative estimate of drug-likeness (QED) is 0.737. The SMILES string of the molecule is COc1cc(C(=O)Nc2ccccc2)ccc1OCc1cscn1. The zero-order valence-electron chi connectivity index (χ0n) is 13.1. The van der Waals surface area contributed by atoms with E-state index in [4.69, 9.17) is 9.47 Å². The number of nitrogens with one attached hydrogen (secondary N) is 1. The van der Waals surface area contributed by atoms with Gasteiger partial charge >= 0.3 is 0 Å². The predicted molar refractivity (Wildman–Crippen MR) is 93.8 cm³/mol. The minimum Gasteiger partial charge on any atom is -0.493 e. The van der Waals surface area contributed by atoms with E-state index in [0.29, 0.717) is 23.7 Å². The van der Waals surface area contributed by atoms with Gasteiger partial charge in [0.05, 0.1) is 18.3 Å². The van der Waals surface area contributed by atoms with E-state index in [0.717, 1.165) is 11.4 Å². The van der Waals surface area contributed by atoms with Gasteiger partial charge in [0.2, 0.25) is 0 Å². The highest BCUT2D eigenvalue weighted by Crippen LogP contribution is 2.29. The van der Waals surface area contributed by atoms with Gasteiger partial charge in [-0.05, 0) is 30.3 Å². The Labute approximate surface area is 143 Å². The Morgan fingerprint density at radius 2 is 2.00 bits per heavy atom. The maximum Gasteiger partial charge on any atom is 0.255 e. The molecule has 5 nitrogen and oxygen atoms in total. The van der Waals surface area contributed by atoms with Crippen molar-refractivity contribution in [3.8, 4) is 11.5 Å². The van der Waals surface area contributed by atoms with Crippen molar-refractivity contribution in [3.05, 3.63) is 70.7 Å². The molecule has 1 aromatic heterocycles. The summed E-state index contributed by atoms with van der Waals surface area (Å²) >= 11 is 1.52. The second-order valence-electron chi connectivity index (χ2n) is 4.95. The molecule has 6 heteroatoms. The fraction of sp³-hybridized carbons (Fsp3) is 0.111. The average molecular weight is 340 g/mol. The molecule has 24 heavy (non-hydrogen) atoms. The number of rotatable bonds is 6. The maximum atomic E-state index is 12.3. The first-order valence-electron chi connectivity index (χ1n) is 7.30. The Balaban J connectivity index is 1.72. The minimum atomic E-state index is -0.203. The minimum absolute atomic E-state index is 0.203. The number of aromatic nitrogens is 1. The third-order valence-electron chi connectivity index (χ3n) is 3.32. The van der Waals surface area contributed by atoms with Gasteiger partial charge in [-0.15, -0.1) is 11.3 Å². The molecule has 0 saturated heterocycles. The van der Waals surface area contributed by atoms with E-state index in [-0.39, 0.29) is 5.91 Å². The first kappa shape index (κ1) is 16.0. The molecule has 0 radical (unpaired) electrons. The molecular formula is C18H16N2O3S. The van der Waals surface area contributed by atoms with Gasteiger partial charge in [0.25, 0.3) is 5.91 Å². The first-order chi connectivity index (χ1) is 11.8. The summed E-state index contributed by atoms with van der Waals surface area (Å²) in [4.78, 5) is 16.5. The summed E-state index contributed by atoms with van der Waals surface area (Å²) in [7, 11) is 1.55. The van der Waals surface area contributed by atoms with Crippen molar-refractivity contribution in [2.45, 2.75) is 6.61 Å². The summed E-state index contributed by atoms with van der Waals surface area (Å²) in [5, 5.41) is 4.76. The lowest BCUT2D eigenvalue weighted by atomic mass is 10.2. The van der Waals surface area contributed by atoms with Crippen LogP contribution in [0.5, 0.6) is 11.5 Å². The predicted octanol–water partition coefficient (Wildman–Crippen LogP) is 3.98. The first-order valence-corrected chi connectivity index (χ1v) is 8.25. The van der Waals surface area contributed by atoms with Gasteiger partial charge in [-0.25, -0.2) is 4.98 Å². The Bertz CT molecular complexity index is 804. The third kappa shape index (κ3) is 3.91. The molecule has 1 amide bonds. The fourth-order valence-electron chi connectivity index (χ4n) is 2.11. The van der Waals surface area contributed by atoms with Crippen molar-refractivity contribution in [3.63, 3.8) is 0 Å². The average Bonchev–Trinajstić information content (AvgIpc) is 3.14. The summed E-state index contributed by atoms with van der Waals surface area (Å²) in [6.45, 7) is 0.357. The molecular weight excluding hydrogens is 324 g/mol. The van der Waals surface area contributed by atoms with Gasteiger partial charge in [-0.1, -0.05) is 18.2 Å². The molecule has 0 unspecified atom stereocenters. The van der Waals surface area contributed by atoms with E-state index in [1.165, 1.54) is 11.3 Å². The third-order valence-corrected chi connectivity index (χ3v) is 3.95. The van der Waals surface area contributed by atoms with Crippen LogP contribution in [0, 0.1) is 0 Å². The number of thiazole rings is 1. The molecule has 0 fully saturated rings. The Kier molecular flexibility index (Phi) is 5.08. The summed E-state index contributed by atoms with van der Waals surface area (Å²) in [6.07, 6.45) is 0. The van der Waals surface area contributed by atoms with Gasteiger partial charge < -0.3 is 14.8 Å². The van der Waals surface area contributed by atoms with Crippen LogP contribution in [0.1, 0.15) is 16.1 Å². The molecule has 1 N–H and O–H groups in total. The van der Waals surface area contributed by atoms with E-state index in [2.05, 4.69) is 10.3 Å². The molecule has 0 atom stereocenters. The second kappa shape index (κ2) is 7.61. The smallest absolute Gasteiger partial charge is 0.255 e. The topological polar surface area (TPSA) is 60.5 Å². The molecule has 3 aromatic rings. The number of hydrogen-bond acceptors (Lipinski definition) is 5. The molecule has 1 heterocycles. The van der Waals surface area contributed by atoms with Crippen molar-refractivity contribution in [2.75, 3.05) is 12.4 Å². The number of hydrogen-bond donors (Lipinski definition) is 1. The van der Waals surface area contributed by atoms with Gasteiger partial charge in [0, 0.05) is 16.6 Å². The van der Waals surface area contributed by atoms with E-state index in [9.17, 15) is 4.79 Å². The Hall–Kier alpha value is -2.86. The standard InChI is InChI=1S/C18H16N2O3S/c1-22-17-9-13(18(21)20-14-5-3-2-4-6-14)7-8-16(17)23-10-15-11-24-12-19-15/h2-9,11-12H,10H2,1H3,(H,20,21). The highest BCUT2D eigenvalue weighted by Gasteiger charge is 2.12. The van der Waals surface area contributed by atoms with Gasteiger partial charge in [-0.3, -0.25) is 4.79 Å². The van der Waals surface area contributed by atoms with Crippen LogP contribution in [0.3, 0.4) is 0 Å². The molecule has 0 aliphatic heterocycles. The van der Waals surface area contributed by atoms with Crippen LogP contribution in [-0.2, 0) is 6.61 Å². The highest BCUT2D eigenvalue weighted by atomic mass is 32.1. The monoisotopic (exact) mass is 340 g/mol. The van der Waals surface area contributed by atoms with Gasteiger partial charge in [-0.2, -0.15) is 0 Å². The number of carbonyl (C=O) groups excluding carboxylic acids is 1. The van der Waals surface area contributed by atoms with E-state index < -0.39 is 0 Å². The zero-order valence-corrected chi connectivity index (χ0v) is 13.9. The van der Waals surface area contributed by atoms with Gasteiger partial charge in [0.15, 0.2) is 11.5 Å². The van der Waals surface area contributed by atoms with Crippen LogP contribution < -0.4 is 14.8 Å². The molecule has 122 valence electrons. The van der Waals surface area contributed by atoms with Crippen LogP contribution >= 0.6 is 11.3 Å². The Morgan fingerprint density at radius 3 is 2.71 bits per heavy atom. The second-order valence-corrected chi connectivity index (χ2v) is 5.67. The number of nitrogens with zero attached hydrogens (tertiary/aromatic N) is 1. The lowest BCUT2D eigenvalue weighted by molar-refractivity contribution is 0.102. The lowest BCUT2D eigenvalue weighted by Crippen LogP contribution is -2.12. The molecule has 0 saturated carbocycles. The summed E-state index contributed by atoms with van der Waals surface area (Å²) in [5.74, 6) is 0.873. The molecule has 0 bridgehead atoms. The van der Waals surface area contributed by atoms with Crippen molar-refractivity contribution in [1.29, 1.82) is 0 Å². The number of benzene rings is 2. The lowest BCUT2D eigenvalue weighted by Gasteiger charge is -2.12. The summed E-state index contributed by atoms with van der Waals surface area (Å²) < 4.78 is 11.0. The number of ether oxygens (including phenoxy) is 2. The number of methoxy groups -OCH3 is 1. The summed E-state index contributed by atoms with van der Waals surface area (Å²) in [6, 6.07) is 14.4. The number of anilines is 1. The Morgan fingerprint density at radius 1 is 1.17 bits per heavy atom. The van der Waals surface area contributed by atoms with Crippen LogP contribution in [-0.4, -0.2) is 18.0 Å². The van der Waals surface area contributed by atoms with Crippen molar-refractivity contribution in [2.24, 2.45) is 0 Å². The van der Waals surface area contributed by atoms with Crippen LogP contribution in [0.15, 0.2) is 59.4 Å². The largest absolute Gasteiger partial charge is 0.493 e. The number of carbonyl (C=O) groups is 1. The molecule has 3 rings (SSSR count). The highest BCUT2D eigenvalue weighted by molar-refractivity contribution is 7.07. The van der Waals surface area contributed by atoms with Crippen LogP contribution in [0.25, 0.3) is 0 Å². The van der Waals surface area contributed by atoms with Gasteiger partial charge in [0.1, 0.15) is 6.61 Å². The van der Waals surface area contributed by atoms with E-state index in [1.54, 1.807) is 30.8 Å². The molecule has 0 aliphatic carbocycles. The molecule has 2 aromatic carbocycles. The molecule has 0 spiro atoms. The zero-order chi connectivity index (χ0) is 16.8. The molecule has 0 aliphatic rings. The fourth-order valence-corrected chi connectivity index (χ4v) is 2.66. The summed E-state index contributed by atoms with van der Waals surface area (Å²) in [5.41, 5.74) is 3.85. The van der Waals surface area contributed by atoms with Crippen LogP contribution in [0.4, 0.5) is 5.69 Å². The van der Waals surface area contributed by atoms with Crippen molar-refractivity contribution < 1.29 is 14.3 Å². The normalized spacial score (nSPS) is 10.2. The van der Waals surface area contributed by atoms with Crippen LogP contribution in [0.2, 0.25) is 0 Å². The van der Waals surface area contributed by atoms with E-state index in [1.807, 2.05) is 35.7 Å². The van der Waals surface area contributed by atoms with Crippen molar-refractivity contribution >= 4 is 22.9 Å². The number of amides is 1. The number of para-hydroxylation sites is 1. The maximum absolute atomic E-state index is 12.3. The van der Waals surface area contributed by atoms with Crippen molar-refractivity contribution in [1.82, 2.24) is 4.98 Å².